The highest BCUT2D eigenvalue weighted by Crippen LogP contribution is 2.19. The van der Waals surface area contributed by atoms with Crippen LogP contribution in [-0.2, 0) is 16.1 Å². The number of carbonyl (C=O) groups is 2. The zero-order valence-corrected chi connectivity index (χ0v) is 14.9. The Balaban J connectivity index is 1.55. The van der Waals surface area contributed by atoms with Gasteiger partial charge in [0.05, 0.1) is 13.1 Å². The molecule has 0 aliphatic carbocycles. The van der Waals surface area contributed by atoms with Crippen LogP contribution in [0, 0.1) is 0 Å². The first-order valence-corrected chi connectivity index (χ1v) is 9.23. The fourth-order valence-electron chi connectivity index (χ4n) is 3.90. The molecule has 138 valence electrons. The van der Waals surface area contributed by atoms with Crippen LogP contribution >= 0.6 is 0 Å². The van der Waals surface area contributed by atoms with Crippen LogP contribution in [0.15, 0.2) is 12.7 Å². The number of hydrogen-bond acceptors (Lipinski definition) is 5. The molecule has 0 aromatic carbocycles. The van der Waals surface area contributed by atoms with E-state index < -0.39 is 0 Å². The second-order valence-electron chi connectivity index (χ2n) is 7.12. The molecule has 0 unspecified atom stereocenters. The maximum absolute atomic E-state index is 12.8. The van der Waals surface area contributed by atoms with E-state index in [1.165, 1.54) is 13.3 Å². The molecule has 0 saturated carbocycles. The molecular weight excluding hydrogens is 320 g/mol. The number of amides is 2. The lowest BCUT2D eigenvalue weighted by molar-refractivity contribution is -0.135. The van der Waals surface area contributed by atoms with E-state index in [2.05, 4.69) is 20.3 Å². The van der Waals surface area contributed by atoms with Crippen LogP contribution in [0.4, 0.5) is 0 Å². The predicted octanol–water partition coefficient (Wildman–Crippen LogP) is 0.260. The first-order chi connectivity index (χ1) is 12.1. The fourth-order valence-corrected chi connectivity index (χ4v) is 3.90. The van der Waals surface area contributed by atoms with Crippen LogP contribution in [0.5, 0.6) is 0 Å². The lowest BCUT2D eigenvalue weighted by Crippen LogP contribution is -2.53. The Morgan fingerprint density at radius 1 is 1.20 bits per heavy atom. The normalized spacial score (nSPS) is 24.9. The predicted molar refractivity (Wildman–Crippen MR) is 92.7 cm³/mol. The van der Waals surface area contributed by atoms with Crippen LogP contribution in [-0.4, -0.2) is 74.6 Å². The summed E-state index contributed by atoms with van der Waals surface area (Å²) in [4.78, 5) is 32.2. The third kappa shape index (κ3) is 5.01. The molecule has 3 heterocycles. The number of likely N-dealkylation sites (tertiary alicyclic amines) is 2. The van der Waals surface area contributed by atoms with Gasteiger partial charge in [-0.1, -0.05) is 6.42 Å². The molecular formula is C17H28N6O2. The van der Waals surface area contributed by atoms with Gasteiger partial charge in [0, 0.05) is 32.1 Å². The van der Waals surface area contributed by atoms with E-state index in [0.29, 0.717) is 19.1 Å². The first kappa shape index (κ1) is 17.8. The SMILES string of the molecule is CC(=O)N[C@@H]1CCCN(C(=O)CN2CCCC[C@@H]2Cn2cncn2)C1. The van der Waals surface area contributed by atoms with E-state index in [-0.39, 0.29) is 17.9 Å². The van der Waals surface area contributed by atoms with E-state index in [9.17, 15) is 9.59 Å². The monoisotopic (exact) mass is 348 g/mol. The molecule has 25 heavy (non-hydrogen) atoms. The maximum Gasteiger partial charge on any atom is 0.236 e. The third-order valence-corrected chi connectivity index (χ3v) is 5.13. The van der Waals surface area contributed by atoms with Crippen LogP contribution < -0.4 is 5.32 Å². The molecule has 2 atom stereocenters. The first-order valence-electron chi connectivity index (χ1n) is 9.23. The average Bonchev–Trinajstić information content (AvgIpc) is 3.09. The summed E-state index contributed by atoms with van der Waals surface area (Å²) in [6.45, 7) is 5.13. The van der Waals surface area contributed by atoms with Crippen molar-refractivity contribution >= 4 is 11.8 Å². The molecule has 1 N–H and O–H groups in total. The summed E-state index contributed by atoms with van der Waals surface area (Å²) >= 11 is 0. The van der Waals surface area contributed by atoms with E-state index in [1.54, 1.807) is 12.7 Å². The van der Waals surface area contributed by atoms with Crippen molar-refractivity contribution < 1.29 is 9.59 Å². The quantitative estimate of drug-likeness (QED) is 0.825. The smallest absolute Gasteiger partial charge is 0.236 e. The van der Waals surface area contributed by atoms with Gasteiger partial charge in [-0.25, -0.2) is 4.98 Å². The Hall–Kier alpha value is -1.96. The van der Waals surface area contributed by atoms with E-state index in [4.69, 9.17) is 0 Å². The summed E-state index contributed by atoms with van der Waals surface area (Å²) in [7, 11) is 0. The number of hydrogen-bond donors (Lipinski definition) is 1. The number of piperidine rings is 2. The molecule has 0 bridgehead atoms. The average molecular weight is 348 g/mol. The molecule has 0 radical (unpaired) electrons. The van der Waals surface area contributed by atoms with Gasteiger partial charge in [0.25, 0.3) is 0 Å². The molecule has 8 heteroatoms. The van der Waals surface area contributed by atoms with Gasteiger partial charge in [-0.3, -0.25) is 19.2 Å². The summed E-state index contributed by atoms with van der Waals surface area (Å²) in [5.41, 5.74) is 0. The highest BCUT2D eigenvalue weighted by atomic mass is 16.2. The Bertz CT molecular complexity index is 576. The number of rotatable bonds is 5. The number of carbonyl (C=O) groups excluding carboxylic acids is 2. The molecule has 2 aliphatic rings. The van der Waals surface area contributed by atoms with Gasteiger partial charge in [0.15, 0.2) is 0 Å². The van der Waals surface area contributed by atoms with Gasteiger partial charge in [0.1, 0.15) is 12.7 Å². The third-order valence-electron chi connectivity index (χ3n) is 5.13. The maximum atomic E-state index is 12.8. The van der Waals surface area contributed by atoms with E-state index in [0.717, 1.165) is 45.3 Å². The highest BCUT2D eigenvalue weighted by molar-refractivity contribution is 5.78. The molecule has 1 aromatic heterocycles. The largest absolute Gasteiger partial charge is 0.352 e. The molecule has 0 spiro atoms. The highest BCUT2D eigenvalue weighted by Gasteiger charge is 2.29. The summed E-state index contributed by atoms with van der Waals surface area (Å²) in [6.07, 6.45) is 8.59. The Labute approximate surface area is 148 Å². The number of aromatic nitrogens is 3. The zero-order chi connectivity index (χ0) is 17.6. The van der Waals surface area contributed by atoms with Crippen molar-refractivity contribution in [3.05, 3.63) is 12.7 Å². The van der Waals surface area contributed by atoms with Gasteiger partial charge in [-0.2, -0.15) is 5.10 Å². The van der Waals surface area contributed by atoms with Gasteiger partial charge >= 0.3 is 0 Å². The van der Waals surface area contributed by atoms with E-state index >= 15 is 0 Å². The molecule has 2 fully saturated rings. The van der Waals surface area contributed by atoms with Crippen molar-refractivity contribution in [1.29, 1.82) is 0 Å². The molecule has 8 nitrogen and oxygen atoms in total. The van der Waals surface area contributed by atoms with E-state index in [1.807, 2.05) is 9.58 Å². The van der Waals surface area contributed by atoms with Crippen LogP contribution in [0.25, 0.3) is 0 Å². The molecule has 1 aromatic rings. The van der Waals surface area contributed by atoms with Crippen LogP contribution in [0.1, 0.15) is 39.0 Å². The fraction of sp³-hybridized carbons (Fsp3) is 0.765. The van der Waals surface area contributed by atoms with Crippen molar-refractivity contribution in [2.45, 2.75) is 57.7 Å². The summed E-state index contributed by atoms with van der Waals surface area (Å²) in [6, 6.07) is 0.415. The van der Waals surface area contributed by atoms with Crippen LogP contribution in [0.2, 0.25) is 0 Å². The second-order valence-corrected chi connectivity index (χ2v) is 7.12. The second kappa shape index (κ2) is 8.42. The summed E-state index contributed by atoms with van der Waals surface area (Å²) in [5.74, 6) is 0.142. The standard InChI is InChI=1S/C17H28N6O2/c1-14(24)20-15-5-4-8-22(9-15)17(25)11-21-7-3-2-6-16(21)10-23-13-18-12-19-23/h12-13,15-16H,2-11H2,1H3,(H,20,24)/t15-,16-/m1/s1. The molecule has 3 rings (SSSR count). The molecule has 2 saturated heterocycles. The minimum Gasteiger partial charge on any atom is -0.352 e. The van der Waals surface area contributed by atoms with Crippen molar-refractivity contribution in [2.24, 2.45) is 0 Å². The van der Waals surface area contributed by atoms with Crippen molar-refractivity contribution in [3.8, 4) is 0 Å². The molecule has 2 aliphatic heterocycles. The summed E-state index contributed by atoms with van der Waals surface area (Å²) in [5, 5.41) is 7.14. The van der Waals surface area contributed by atoms with Crippen molar-refractivity contribution in [2.75, 3.05) is 26.2 Å². The Morgan fingerprint density at radius 3 is 2.84 bits per heavy atom. The Kier molecular flexibility index (Phi) is 6.01. The van der Waals surface area contributed by atoms with Crippen molar-refractivity contribution in [1.82, 2.24) is 29.9 Å². The minimum atomic E-state index is -0.0248. The number of nitrogens with one attached hydrogen (secondary N) is 1. The van der Waals surface area contributed by atoms with Crippen LogP contribution in [0.3, 0.4) is 0 Å². The zero-order valence-electron chi connectivity index (χ0n) is 14.9. The van der Waals surface area contributed by atoms with Gasteiger partial charge in [0.2, 0.25) is 11.8 Å². The lowest BCUT2D eigenvalue weighted by Gasteiger charge is -2.38. The van der Waals surface area contributed by atoms with Gasteiger partial charge < -0.3 is 10.2 Å². The van der Waals surface area contributed by atoms with Crippen molar-refractivity contribution in [3.63, 3.8) is 0 Å². The number of nitrogens with zero attached hydrogens (tertiary/aromatic N) is 5. The lowest BCUT2D eigenvalue weighted by atomic mass is 10.0. The Morgan fingerprint density at radius 2 is 2.08 bits per heavy atom. The summed E-state index contributed by atoms with van der Waals surface area (Å²) < 4.78 is 1.85. The van der Waals surface area contributed by atoms with Gasteiger partial charge in [-0.05, 0) is 32.2 Å². The minimum absolute atomic E-state index is 0.0248. The van der Waals surface area contributed by atoms with Gasteiger partial charge in [-0.15, -0.1) is 0 Å². The molecule has 2 amide bonds. The topological polar surface area (TPSA) is 83.4 Å².